The Morgan fingerprint density at radius 1 is 1.33 bits per heavy atom. The zero-order valence-electron chi connectivity index (χ0n) is 8.81. The van der Waals surface area contributed by atoms with E-state index in [-0.39, 0.29) is 13.0 Å². The Kier molecular flexibility index (Phi) is 3.86. The van der Waals surface area contributed by atoms with Crippen LogP contribution >= 0.6 is 0 Å². The van der Waals surface area contributed by atoms with Crippen LogP contribution in [0.5, 0.6) is 0 Å². The summed E-state index contributed by atoms with van der Waals surface area (Å²) in [6, 6.07) is 9.09. The van der Waals surface area contributed by atoms with Crippen LogP contribution in [0.15, 0.2) is 30.3 Å². The van der Waals surface area contributed by atoms with Gasteiger partial charge in [-0.25, -0.2) is 0 Å². The number of aliphatic carboxylic acids is 1. The molecule has 1 aromatic rings. The molecule has 0 aromatic heterocycles. The number of rotatable bonds is 5. The topological polar surface area (TPSA) is 57.5 Å². The second kappa shape index (κ2) is 4.94. The van der Waals surface area contributed by atoms with E-state index in [0.717, 1.165) is 5.56 Å². The highest BCUT2D eigenvalue weighted by molar-refractivity contribution is 5.81. The molecule has 0 amide bonds. The van der Waals surface area contributed by atoms with Crippen LogP contribution in [0.1, 0.15) is 25.3 Å². The van der Waals surface area contributed by atoms with Gasteiger partial charge in [0.05, 0.1) is 5.41 Å². The molecule has 0 spiro atoms. The molecular weight excluding hydrogens is 192 g/mol. The van der Waals surface area contributed by atoms with Crippen molar-refractivity contribution in [3.63, 3.8) is 0 Å². The van der Waals surface area contributed by atoms with Gasteiger partial charge in [-0.15, -0.1) is 0 Å². The van der Waals surface area contributed by atoms with Crippen molar-refractivity contribution in [2.75, 3.05) is 6.61 Å². The Bertz CT molecular complexity index is 321. The first-order chi connectivity index (χ1) is 7.17. The first kappa shape index (κ1) is 11.7. The number of hydrogen-bond donors (Lipinski definition) is 2. The summed E-state index contributed by atoms with van der Waals surface area (Å²) in [5.74, 6) is -0.870. The van der Waals surface area contributed by atoms with Crippen molar-refractivity contribution in [2.45, 2.75) is 25.2 Å². The van der Waals surface area contributed by atoms with Gasteiger partial charge in [0.2, 0.25) is 0 Å². The second-order valence-electron chi connectivity index (χ2n) is 3.58. The van der Waals surface area contributed by atoms with Gasteiger partial charge < -0.3 is 10.2 Å². The maximum atomic E-state index is 11.3. The maximum absolute atomic E-state index is 11.3. The van der Waals surface area contributed by atoms with Crippen molar-refractivity contribution in [3.8, 4) is 0 Å². The number of aliphatic hydroxyl groups excluding tert-OH is 1. The molecule has 1 unspecified atom stereocenters. The lowest BCUT2D eigenvalue weighted by Crippen LogP contribution is -2.36. The molecule has 0 saturated heterocycles. The second-order valence-corrected chi connectivity index (χ2v) is 3.58. The molecule has 1 atom stereocenters. The number of carboxylic acids is 1. The Morgan fingerprint density at radius 2 is 1.93 bits per heavy atom. The predicted molar refractivity (Wildman–Crippen MR) is 57.7 cm³/mol. The van der Waals surface area contributed by atoms with Crippen LogP contribution in [0.3, 0.4) is 0 Å². The van der Waals surface area contributed by atoms with Crippen LogP contribution in [0.2, 0.25) is 0 Å². The number of aliphatic hydroxyl groups is 1. The minimum Gasteiger partial charge on any atom is -0.481 e. The molecule has 0 radical (unpaired) electrons. The molecule has 2 N–H and O–H groups in total. The van der Waals surface area contributed by atoms with E-state index in [0.29, 0.717) is 6.42 Å². The maximum Gasteiger partial charge on any atom is 0.314 e. The van der Waals surface area contributed by atoms with Gasteiger partial charge in [-0.2, -0.15) is 0 Å². The molecule has 0 fully saturated rings. The van der Waals surface area contributed by atoms with E-state index in [1.165, 1.54) is 0 Å². The van der Waals surface area contributed by atoms with Gasteiger partial charge in [0.25, 0.3) is 0 Å². The van der Waals surface area contributed by atoms with E-state index in [1.54, 1.807) is 12.1 Å². The Labute approximate surface area is 89.4 Å². The number of hydrogen-bond acceptors (Lipinski definition) is 2. The number of carbonyl (C=O) groups is 1. The van der Waals surface area contributed by atoms with Crippen LogP contribution in [0.25, 0.3) is 0 Å². The molecule has 0 bridgehead atoms. The standard InChI is InChI=1S/C12H16O3/c1-2-12(8-9-13,11(14)15)10-6-4-3-5-7-10/h3-7,13H,2,8-9H2,1H3,(H,14,15). The minimum atomic E-state index is -0.948. The molecule has 0 saturated carbocycles. The highest BCUT2D eigenvalue weighted by Crippen LogP contribution is 2.31. The van der Waals surface area contributed by atoms with E-state index >= 15 is 0 Å². The lowest BCUT2D eigenvalue weighted by molar-refractivity contribution is -0.144. The summed E-state index contributed by atoms with van der Waals surface area (Å²) >= 11 is 0. The van der Waals surface area contributed by atoms with Crippen LogP contribution < -0.4 is 0 Å². The zero-order chi connectivity index (χ0) is 11.3. The van der Waals surface area contributed by atoms with Gasteiger partial charge in [-0.05, 0) is 18.4 Å². The summed E-state index contributed by atoms with van der Waals surface area (Å²) in [4.78, 5) is 11.3. The van der Waals surface area contributed by atoms with Gasteiger partial charge >= 0.3 is 5.97 Å². The molecule has 0 aliphatic rings. The summed E-state index contributed by atoms with van der Waals surface area (Å²) in [5.41, 5.74) is -0.190. The third-order valence-electron chi connectivity index (χ3n) is 2.88. The molecule has 82 valence electrons. The Morgan fingerprint density at radius 3 is 2.33 bits per heavy atom. The highest BCUT2D eigenvalue weighted by Gasteiger charge is 2.37. The summed E-state index contributed by atoms with van der Waals surface area (Å²) in [6.45, 7) is 1.71. The average Bonchev–Trinajstić information content (AvgIpc) is 2.26. The predicted octanol–water partition coefficient (Wildman–Crippen LogP) is 1.80. The van der Waals surface area contributed by atoms with Gasteiger partial charge in [-0.1, -0.05) is 37.3 Å². The van der Waals surface area contributed by atoms with Gasteiger partial charge in [0, 0.05) is 6.61 Å². The van der Waals surface area contributed by atoms with Gasteiger partial charge in [0.1, 0.15) is 0 Å². The number of carboxylic acid groups (broad SMARTS) is 1. The third kappa shape index (κ3) is 2.18. The summed E-state index contributed by atoms with van der Waals surface area (Å²) in [6.07, 6.45) is 0.732. The molecule has 1 aromatic carbocycles. The first-order valence-corrected chi connectivity index (χ1v) is 5.07. The summed E-state index contributed by atoms with van der Waals surface area (Å²) in [7, 11) is 0. The molecule has 15 heavy (non-hydrogen) atoms. The van der Waals surface area contributed by atoms with Crippen molar-refractivity contribution in [2.24, 2.45) is 0 Å². The molecule has 0 aliphatic heterocycles. The quantitative estimate of drug-likeness (QED) is 0.775. The fraction of sp³-hybridized carbons (Fsp3) is 0.417. The van der Waals surface area contributed by atoms with E-state index in [4.69, 9.17) is 5.11 Å². The van der Waals surface area contributed by atoms with Crippen LogP contribution in [0.4, 0.5) is 0 Å². The average molecular weight is 208 g/mol. The molecular formula is C12H16O3. The van der Waals surface area contributed by atoms with Gasteiger partial charge in [0.15, 0.2) is 0 Å². The molecule has 0 heterocycles. The molecule has 3 nitrogen and oxygen atoms in total. The fourth-order valence-electron chi connectivity index (χ4n) is 1.85. The SMILES string of the molecule is CCC(CCO)(C(=O)O)c1ccccc1. The van der Waals surface area contributed by atoms with Crippen molar-refractivity contribution in [1.29, 1.82) is 0 Å². The largest absolute Gasteiger partial charge is 0.481 e. The van der Waals surface area contributed by atoms with Crippen LogP contribution in [-0.4, -0.2) is 22.8 Å². The van der Waals surface area contributed by atoms with Crippen LogP contribution in [0, 0.1) is 0 Å². The normalized spacial score (nSPS) is 14.5. The van der Waals surface area contributed by atoms with Crippen LogP contribution in [-0.2, 0) is 10.2 Å². The molecule has 1 rings (SSSR count). The van der Waals surface area contributed by atoms with Crippen molar-refractivity contribution < 1.29 is 15.0 Å². The smallest absolute Gasteiger partial charge is 0.314 e. The molecule has 3 heteroatoms. The Hall–Kier alpha value is -1.35. The number of benzene rings is 1. The third-order valence-corrected chi connectivity index (χ3v) is 2.88. The van der Waals surface area contributed by atoms with E-state index < -0.39 is 11.4 Å². The highest BCUT2D eigenvalue weighted by atomic mass is 16.4. The van der Waals surface area contributed by atoms with Crippen molar-refractivity contribution >= 4 is 5.97 Å². The van der Waals surface area contributed by atoms with Gasteiger partial charge in [-0.3, -0.25) is 4.79 Å². The first-order valence-electron chi connectivity index (χ1n) is 5.07. The Balaban J connectivity index is 3.15. The lowest BCUT2D eigenvalue weighted by Gasteiger charge is -2.27. The lowest BCUT2D eigenvalue weighted by atomic mass is 9.75. The van der Waals surface area contributed by atoms with Crippen molar-refractivity contribution in [1.82, 2.24) is 0 Å². The fourth-order valence-corrected chi connectivity index (χ4v) is 1.85. The van der Waals surface area contributed by atoms with E-state index in [9.17, 15) is 9.90 Å². The van der Waals surface area contributed by atoms with Crippen molar-refractivity contribution in [3.05, 3.63) is 35.9 Å². The minimum absolute atomic E-state index is 0.116. The summed E-state index contributed by atoms with van der Waals surface area (Å²) < 4.78 is 0. The van der Waals surface area contributed by atoms with E-state index in [2.05, 4.69) is 0 Å². The molecule has 0 aliphatic carbocycles. The summed E-state index contributed by atoms with van der Waals surface area (Å²) in [5, 5.41) is 18.3. The van der Waals surface area contributed by atoms with E-state index in [1.807, 2.05) is 25.1 Å². The monoisotopic (exact) mass is 208 g/mol. The zero-order valence-corrected chi connectivity index (χ0v) is 8.81.